The molecule has 1 aromatic carbocycles. The second-order valence-electron chi connectivity index (χ2n) is 6.94. The van der Waals surface area contributed by atoms with Gasteiger partial charge >= 0.3 is 6.18 Å². The number of hydrogen-bond acceptors (Lipinski definition) is 6. The zero-order valence-corrected chi connectivity index (χ0v) is 16.0. The molecule has 0 spiro atoms. The zero-order valence-electron chi connectivity index (χ0n) is 16.0. The van der Waals surface area contributed by atoms with Gasteiger partial charge in [0.15, 0.2) is 11.9 Å². The number of carbonyl (C=O) groups excluding carboxylic acids is 1. The number of halogens is 3. The first kappa shape index (κ1) is 20.1. The van der Waals surface area contributed by atoms with Gasteiger partial charge in [0, 0.05) is 26.2 Å². The lowest BCUT2D eigenvalue weighted by atomic mass is 10.1. The topological polar surface area (TPSA) is 86.3 Å². The normalized spacial score (nSPS) is 17.3. The van der Waals surface area contributed by atoms with Crippen molar-refractivity contribution in [2.45, 2.75) is 18.7 Å². The van der Waals surface area contributed by atoms with Crippen molar-refractivity contribution in [3.63, 3.8) is 0 Å². The third-order valence-corrected chi connectivity index (χ3v) is 4.68. The molecule has 2 aromatic heterocycles. The minimum absolute atomic E-state index is 0.0818. The molecule has 11 heteroatoms. The van der Waals surface area contributed by atoms with Gasteiger partial charge in [-0.1, -0.05) is 23.4 Å². The second kappa shape index (κ2) is 7.90. The number of hydrogen-bond donors (Lipinski definition) is 0. The maximum Gasteiger partial charge on any atom is 0.416 e. The van der Waals surface area contributed by atoms with E-state index in [1.807, 2.05) is 0 Å². The molecule has 1 aliphatic heterocycles. The van der Waals surface area contributed by atoms with Crippen LogP contribution in [0.1, 0.15) is 39.3 Å². The molecular formula is C19H18F3N5O3. The molecule has 3 aromatic rings. The van der Waals surface area contributed by atoms with E-state index in [4.69, 9.17) is 9.26 Å². The minimum atomic E-state index is -4.42. The quantitative estimate of drug-likeness (QED) is 0.644. The molecule has 1 fully saturated rings. The number of morpholine rings is 1. The lowest BCUT2D eigenvalue weighted by Crippen LogP contribution is -2.42. The van der Waals surface area contributed by atoms with Crippen LogP contribution < -0.4 is 0 Å². The Morgan fingerprint density at radius 3 is 2.90 bits per heavy atom. The zero-order chi connectivity index (χ0) is 21.3. The highest BCUT2D eigenvalue weighted by atomic mass is 19.4. The third-order valence-electron chi connectivity index (χ3n) is 4.68. The van der Waals surface area contributed by atoms with Crippen LogP contribution in [0.3, 0.4) is 0 Å². The number of nitrogens with zero attached hydrogens (tertiary/aromatic N) is 5. The van der Waals surface area contributed by atoms with Crippen molar-refractivity contribution in [2.75, 3.05) is 19.7 Å². The summed E-state index contributed by atoms with van der Waals surface area (Å²) in [5.41, 5.74) is 0.146. The van der Waals surface area contributed by atoms with Crippen LogP contribution in [0.15, 0.2) is 41.2 Å². The predicted octanol–water partition coefficient (Wildman–Crippen LogP) is 2.63. The van der Waals surface area contributed by atoms with Gasteiger partial charge in [-0.15, -0.1) is 0 Å². The third kappa shape index (κ3) is 4.35. The maximum absolute atomic E-state index is 12.9. The van der Waals surface area contributed by atoms with Crippen LogP contribution in [-0.2, 0) is 24.4 Å². The molecule has 3 heterocycles. The Hall–Kier alpha value is -3.21. The average molecular weight is 421 g/mol. The number of rotatable bonds is 4. The largest absolute Gasteiger partial charge is 0.416 e. The molecule has 1 aliphatic rings. The minimum Gasteiger partial charge on any atom is -0.365 e. The Labute approximate surface area is 169 Å². The van der Waals surface area contributed by atoms with Gasteiger partial charge in [0.1, 0.15) is 0 Å². The fourth-order valence-electron chi connectivity index (χ4n) is 3.21. The molecule has 4 rings (SSSR count). The van der Waals surface area contributed by atoms with E-state index in [0.717, 1.165) is 12.1 Å². The van der Waals surface area contributed by atoms with Gasteiger partial charge in [0.05, 0.1) is 30.5 Å². The van der Waals surface area contributed by atoms with Crippen molar-refractivity contribution >= 4 is 5.91 Å². The number of carbonyl (C=O) groups is 1. The molecular weight excluding hydrogens is 403 g/mol. The Morgan fingerprint density at radius 2 is 2.17 bits per heavy atom. The lowest BCUT2D eigenvalue weighted by molar-refractivity contribution is -0.137. The summed E-state index contributed by atoms with van der Waals surface area (Å²) < 4.78 is 51.1. The summed E-state index contributed by atoms with van der Waals surface area (Å²) in [6.45, 7) is 0.927. The van der Waals surface area contributed by atoms with Crippen molar-refractivity contribution < 1.29 is 27.2 Å². The molecule has 1 amide bonds. The molecule has 0 aliphatic carbocycles. The Bertz CT molecular complexity index is 1050. The van der Waals surface area contributed by atoms with Crippen molar-refractivity contribution in [1.82, 2.24) is 24.8 Å². The first-order valence-electron chi connectivity index (χ1n) is 9.18. The van der Waals surface area contributed by atoms with E-state index in [-0.39, 0.29) is 30.6 Å². The summed E-state index contributed by atoms with van der Waals surface area (Å²) in [7, 11) is 1.73. The van der Waals surface area contributed by atoms with Crippen LogP contribution in [0.4, 0.5) is 13.2 Å². The molecule has 0 radical (unpaired) electrons. The van der Waals surface area contributed by atoms with E-state index in [9.17, 15) is 18.0 Å². The summed E-state index contributed by atoms with van der Waals surface area (Å²) in [5.74, 6) is 0.240. The predicted molar refractivity (Wildman–Crippen MR) is 96.4 cm³/mol. The standard InChI is InChI=1S/C19H18F3N5O3/c1-26-10-13(9-23-26)18(28)27-5-6-29-15(11-27)17-24-16(25-30-17)8-12-3-2-4-14(7-12)19(20,21)22/h2-4,7,9-10,15H,5-6,8,11H2,1H3/t15-/m1/s1. The Balaban J connectivity index is 1.44. The fraction of sp³-hybridized carbons (Fsp3) is 0.368. The monoisotopic (exact) mass is 421 g/mol. The number of amides is 1. The van der Waals surface area contributed by atoms with E-state index < -0.39 is 17.8 Å². The molecule has 0 saturated carbocycles. The first-order valence-corrected chi connectivity index (χ1v) is 9.18. The van der Waals surface area contributed by atoms with E-state index in [2.05, 4.69) is 15.2 Å². The fourth-order valence-corrected chi connectivity index (χ4v) is 3.21. The van der Waals surface area contributed by atoms with E-state index in [1.54, 1.807) is 28.9 Å². The lowest BCUT2D eigenvalue weighted by Gasteiger charge is -2.30. The summed E-state index contributed by atoms with van der Waals surface area (Å²) >= 11 is 0. The molecule has 1 saturated heterocycles. The highest BCUT2D eigenvalue weighted by Gasteiger charge is 2.31. The van der Waals surface area contributed by atoms with E-state index >= 15 is 0 Å². The smallest absolute Gasteiger partial charge is 0.365 e. The number of aromatic nitrogens is 4. The van der Waals surface area contributed by atoms with Crippen molar-refractivity contribution in [1.29, 1.82) is 0 Å². The van der Waals surface area contributed by atoms with Gasteiger partial charge in [-0.3, -0.25) is 9.48 Å². The van der Waals surface area contributed by atoms with Crippen LogP contribution in [0, 0.1) is 0 Å². The molecule has 0 N–H and O–H groups in total. The Morgan fingerprint density at radius 1 is 1.33 bits per heavy atom. The summed E-state index contributed by atoms with van der Waals surface area (Å²) in [5, 5.41) is 7.85. The molecule has 0 unspecified atom stereocenters. The second-order valence-corrected chi connectivity index (χ2v) is 6.94. The van der Waals surface area contributed by atoms with E-state index in [1.165, 1.54) is 12.3 Å². The van der Waals surface area contributed by atoms with Crippen molar-refractivity contribution in [2.24, 2.45) is 7.05 Å². The summed E-state index contributed by atoms with van der Waals surface area (Å²) in [6, 6.07) is 4.97. The van der Waals surface area contributed by atoms with Gasteiger partial charge in [0.2, 0.25) is 0 Å². The first-order chi connectivity index (χ1) is 14.3. The van der Waals surface area contributed by atoms with Crippen LogP contribution in [0.5, 0.6) is 0 Å². The number of benzene rings is 1. The van der Waals surface area contributed by atoms with Crippen LogP contribution in [-0.4, -0.2) is 50.4 Å². The molecule has 30 heavy (non-hydrogen) atoms. The maximum atomic E-state index is 12.9. The van der Waals surface area contributed by atoms with Crippen molar-refractivity contribution in [3.8, 4) is 0 Å². The van der Waals surface area contributed by atoms with E-state index in [0.29, 0.717) is 24.3 Å². The highest BCUT2D eigenvalue weighted by Crippen LogP contribution is 2.30. The molecule has 158 valence electrons. The van der Waals surface area contributed by atoms with Crippen LogP contribution >= 0.6 is 0 Å². The number of aryl methyl sites for hydroxylation is 1. The van der Waals surface area contributed by atoms with Gasteiger partial charge < -0.3 is 14.2 Å². The molecule has 8 nitrogen and oxygen atoms in total. The number of ether oxygens (including phenoxy) is 1. The van der Waals surface area contributed by atoms with Gasteiger partial charge in [-0.2, -0.15) is 23.3 Å². The SMILES string of the molecule is Cn1cc(C(=O)N2CCO[C@@H](c3nc(Cc4cccc(C(F)(F)F)c4)no3)C2)cn1. The van der Waals surface area contributed by atoms with Crippen molar-refractivity contribution in [3.05, 3.63) is 65.1 Å². The average Bonchev–Trinajstić information content (AvgIpc) is 3.36. The molecule has 0 bridgehead atoms. The van der Waals surface area contributed by atoms with Crippen LogP contribution in [0.25, 0.3) is 0 Å². The Kier molecular flexibility index (Phi) is 5.29. The molecule has 1 atom stereocenters. The van der Waals surface area contributed by atoms with Gasteiger partial charge in [-0.25, -0.2) is 0 Å². The highest BCUT2D eigenvalue weighted by molar-refractivity contribution is 5.93. The summed E-state index contributed by atoms with van der Waals surface area (Å²) in [6.07, 6.45) is -1.82. The number of alkyl halides is 3. The summed E-state index contributed by atoms with van der Waals surface area (Å²) in [4.78, 5) is 18.5. The van der Waals surface area contributed by atoms with Gasteiger partial charge in [-0.05, 0) is 11.6 Å². The van der Waals surface area contributed by atoms with Gasteiger partial charge in [0.25, 0.3) is 11.8 Å². The van der Waals surface area contributed by atoms with Crippen LogP contribution in [0.2, 0.25) is 0 Å².